The number of carbonyl (C=O) groups excluding carboxylic acids is 1. The van der Waals surface area contributed by atoms with Crippen LogP contribution >= 0.6 is 0 Å². The number of esters is 1. The Hall–Kier alpha value is -1.79. The van der Waals surface area contributed by atoms with Gasteiger partial charge in [0.25, 0.3) is 5.96 Å². The minimum atomic E-state index is -0.291. The summed E-state index contributed by atoms with van der Waals surface area (Å²) in [6, 6.07) is 0. The maximum atomic E-state index is 10.4. The first-order valence-corrected chi connectivity index (χ1v) is 4.93. The largest absolute Gasteiger partial charge is 0.466 e. The van der Waals surface area contributed by atoms with E-state index < -0.39 is 0 Å². The summed E-state index contributed by atoms with van der Waals surface area (Å²) in [5, 5.41) is 2.72. The van der Waals surface area contributed by atoms with Crippen LogP contribution in [0.1, 0.15) is 13.3 Å². The SMILES string of the molecule is CC(=O)OCCCN=C(N)NC(N)=[N+](C)C. The van der Waals surface area contributed by atoms with E-state index in [1.807, 2.05) is 0 Å². The predicted molar refractivity (Wildman–Crippen MR) is 62.2 cm³/mol. The second-order valence-corrected chi connectivity index (χ2v) is 3.37. The molecule has 0 aliphatic heterocycles. The monoisotopic (exact) mass is 230 g/mol. The van der Waals surface area contributed by atoms with Crippen LogP contribution in [0.2, 0.25) is 0 Å². The molecule has 0 saturated carbocycles. The second kappa shape index (κ2) is 7.49. The Morgan fingerprint density at radius 3 is 2.56 bits per heavy atom. The molecule has 0 unspecified atom stereocenters. The van der Waals surface area contributed by atoms with E-state index in [0.29, 0.717) is 25.5 Å². The number of guanidine groups is 2. The number of nitrogens with two attached hydrogens (primary N) is 2. The molecule has 0 aromatic rings. The quantitative estimate of drug-likeness (QED) is 0.178. The third-order valence-corrected chi connectivity index (χ3v) is 1.63. The van der Waals surface area contributed by atoms with Crippen LogP contribution in [0.3, 0.4) is 0 Å². The van der Waals surface area contributed by atoms with Gasteiger partial charge in [-0.15, -0.1) is 0 Å². The molecule has 0 saturated heterocycles. The summed E-state index contributed by atoms with van der Waals surface area (Å²) in [7, 11) is 3.58. The van der Waals surface area contributed by atoms with Gasteiger partial charge in [-0.25, -0.2) is 10.3 Å². The Balaban J connectivity index is 3.80. The van der Waals surface area contributed by atoms with E-state index in [1.165, 1.54) is 6.92 Å². The average molecular weight is 230 g/mol. The molecule has 0 aromatic heterocycles. The number of hydrogen-bond acceptors (Lipinski definition) is 3. The highest BCUT2D eigenvalue weighted by molar-refractivity contribution is 5.94. The van der Waals surface area contributed by atoms with Gasteiger partial charge in [-0.3, -0.25) is 15.1 Å². The van der Waals surface area contributed by atoms with Gasteiger partial charge >= 0.3 is 11.9 Å². The van der Waals surface area contributed by atoms with Gasteiger partial charge in [-0.05, 0) is 0 Å². The maximum absolute atomic E-state index is 10.4. The fourth-order valence-electron chi connectivity index (χ4n) is 0.763. The van der Waals surface area contributed by atoms with Gasteiger partial charge in [-0.2, -0.15) is 0 Å². The van der Waals surface area contributed by atoms with Crippen LogP contribution in [0.4, 0.5) is 0 Å². The zero-order valence-electron chi connectivity index (χ0n) is 9.99. The molecular formula is C9H20N5O2+. The van der Waals surface area contributed by atoms with Crippen LogP contribution in [-0.2, 0) is 9.53 Å². The Morgan fingerprint density at radius 2 is 2.06 bits per heavy atom. The Labute approximate surface area is 95.2 Å². The van der Waals surface area contributed by atoms with E-state index in [9.17, 15) is 4.79 Å². The lowest BCUT2D eigenvalue weighted by Gasteiger charge is -2.01. The molecule has 92 valence electrons. The number of nitrogens with zero attached hydrogens (tertiary/aromatic N) is 2. The van der Waals surface area contributed by atoms with Gasteiger partial charge < -0.3 is 10.5 Å². The first-order chi connectivity index (χ1) is 7.43. The van der Waals surface area contributed by atoms with Gasteiger partial charge in [-0.1, -0.05) is 0 Å². The highest BCUT2D eigenvalue weighted by Crippen LogP contribution is 1.84. The topological polar surface area (TPSA) is 106 Å². The molecule has 0 rings (SSSR count). The van der Waals surface area contributed by atoms with Crippen molar-refractivity contribution in [1.29, 1.82) is 0 Å². The zero-order valence-corrected chi connectivity index (χ0v) is 9.99. The van der Waals surface area contributed by atoms with Crippen LogP contribution in [0, 0.1) is 0 Å². The van der Waals surface area contributed by atoms with E-state index in [0.717, 1.165) is 0 Å². The summed E-state index contributed by atoms with van der Waals surface area (Å²) in [5.41, 5.74) is 11.1. The van der Waals surface area contributed by atoms with E-state index >= 15 is 0 Å². The second-order valence-electron chi connectivity index (χ2n) is 3.37. The van der Waals surface area contributed by atoms with Crippen LogP contribution in [0.15, 0.2) is 4.99 Å². The summed E-state index contributed by atoms with van der Waals surface area (Å²) in [6.07, 6.45) is 0.629. The summed E-state index contributed by atoms with van der Waals surface area (Å²) < 4.78 is 6.42. The molecule has 0 aliphatic carbocycles. The van der Waals surface area contributed by atoms with Gasteiger partial charge in [0.1, 0.15) is 0 Å². The zero-order chi connectivity index (χ0) is 12.6. The summed E-state index contributed by atoms with van der Waals surface area (Å²) in [6.45, 7) is 2.19. The van der Waals surface area contributed by atoms with Crippen LogP contribution in [0.5, 0.6) is 0 Å². The number of ether oxygens (including phenoxy) is 1. The first kappa shape index (κ1) is 14.2. The number of aliphatic imine (C=N–C) groups is 1. The van der Waals surface area contributed by atoms with Crippen molar-refractivity contribution in [1.82, 2.24) is 5.32 Å². The van der Waals surface area contributed by atoms with Crippen molar-refractivity contribution < 1.29 is 14.1 Å². The van der Waals surface area contributed by atoms with Crippen molar-refractivity contribution in [2.24, 2.45) is 16.5 Å². The van der Waals surface area contributed by atoms with Crippen molar-refractivity contribution in [2.45, 2.75) is 13.3 Å². The standard InChI is InChI=1S/C9H19N5O2/c1-7(15)16-6-4-5-12-8(10)13-9(11)14(2)3/h4-6H2,1-3H3,(H4,10,11,12,13)/p+1. The molecule has 7 heteroatoms. The molecule has 0 amide bonds. The maximum Gasteiger partial charge on any atom is 0.350 e. The van der Waals surface area contributed by atoms with E-state index in [4.69, 9.17) is 16.2 Å². The van der Waals surface area contributed by atoms with Gasteiger partial charge in [0.15, 0.2) is 0 Å². The number of nitrogens with one attached hydrogen (secondary N) is 1. The third kappa shape index (κ3) is 7.60. The molecule has 0 aromatic carbocycles. The lowest BCUT2D eigenvalue weighted by atomic mass is 10.4. The minimum Gasteiger partial charge on any atom is -0.466 e. The number of carbonyl (C=O) groups is 1. The molecular weight excluding hydrogens is 210 g/mol. The van der Waals surface area contributed by atoms with E-state index in [2.05, 4.69) is 10.3 Å². The Morgan fingerprint density at radius 1 is 1.44 bits per heavy atom. The molecule has 0 spiro atoms. The lowest BCUT2D eigenvalue weighted by Crippen LogP contribution is -2.45. The summed E-state index contributed by atoms with van der Waals surface area (Å²) in [5.74, 6) is 0.371. The molecule has 0 heterocycles. The van der Waals surface area contributed by atoms with Crippen molar-refractivity contribution in [2.75, 3.05) is 27.2 Å². The molecule has 7 nitrogen and oxygen atoms in total. The number of rotatable bonds is 4. The van der Waals surface area contributed by atoms with Crippen molar-refractivity contribution in [3.63, 3.8) is 0 Å². The highest BCUT2D eigenvalue weighted by Gasteiger charge is 2.02. The lowest BCUT2D eigenvalue weighted by molar-refractivity contribution is -0.467. The molecule has 5 N–H and O–H groups in total. The van der Waals surface area contributed by atoms with Crippen LogP contribution in [-0.4, -0.2) is 49.7 Å². The molecule has 0 aliphatic rings. The van der Waals surface area contributed by atoms with Crippen molar-refractivity contribution >= 4 is 17.9 Å². The molecule has 0 radical (unpaired) electrons. The summed E-state index contributed by atoms with van der Waals surface area (Å²) in [4.78, 5) is 14.4. The predicted octanol–water partition coefficient (Wildman–Crippen LogP) is -1.57. The van der Waals surface area contributed by atoms with Crippen LogP contribution in [0.25, 0.3) is 0 Å². The van der Waals surface area contributed by atoms with E-state index in [-0.39, 0.29) is 11.9 Å². The van der Waals surface area contributed by atoms with Gasteiger partial charge in [0.05, 0.1) is 20.7 Å². The normalized spacial score (nSPS) is 10.8. The molecule has 0 atom stereocenters. The fourth-order valence-corrected chi connectivity index (χ4v) is 0.763. The number of hydrogen-bond donors (Lipinski definition) is 3. The summed E-state index contributed by atoms with van der Waals surface area (Å²) >= 11 is 0. The average Bonchev–Trinajstić information content (AvgIpc) is 2.16. The highest BCUT2D eigenvalue weighted by atomic mass is 16.5. The van der Waals surface area contributed by atoms with E-state index in [1.54, 1.807) is 18.7 Å². The fraction of sp³-hybridized carbons (Fsp3) is 0.667. The molecule has 0 bridgehead atoms. The Kier molecular flexibility index (Phi) is 6.66. The Bertz CT molecular complexity index is 294. The van der Waals surface area contributed by atoms with Gasteiger partial charge in [0.2, 0.25) is 0 Å². The third-order valence-electron chi connectivity index (χ3n) is 1.63. The van der Waals surface area contributed by atoms with Crippen LogP contribution < -0.4 is 16.8 Å². The molecule has 16 heavy (non-hydrogen) atoms. The molecule has 0 fully saturated rings. The smallest absolute Gasteiger partial charge is 0.350 e. The minimum absolute atomic E-state index is 0.244. The first-order valence-electron chi connectivity index (χ1n) is 4.93. The van der Waals surface area contributed by atoms with Gasteiger partial charge in [0, 0.05) is 19.9 Å². The van der Waals surface area contributed by atoms with Crippen molar-refractivity contribution in [3.05, 3.63) is 0 Å². The van der Waals surface area contributed by atoms with Crippen molar-refractivity contribution in [3.8, 4) is 0 Å².